The molecule has 1 aromatic carbocycles. The molecule has 1 atom stereocenters. The fourth-order valence-electron chi connectivity index (χ4n) is 1.73. The molecule has 104 valence electrons. The number of rotatable bonds is 5. The molecule has 0 fully saturated rings. The van der Waals surface area contributed by atoms with Gasteiger partial charge in [0.05, 0.1) is 0 Å². The summed E-state index contributed by atoms with van der Waals surface area (Å²) < 4.78 is 39.0. The molecule has 0 aliphatic rings. The van der Waals surface area contributed by atoms with Crippen LogP contribution in [0.5, 0.6) is 0 Å². The molecule has 0 saturated carbocycles. The van der Waals surface area contributed by atoms with E-state index in [0.717, 1.165) is 11.7 Å². The average Bonchev–Trinajstić information content (AvgIpc) is 2.28. The zero-order valence-electron chi connectivity index (χ0n) is 10.4. The molecular weight excluding hydrogens is 263 g/mol. The Morgan fingerprint density at radius 1 is 1.06 bits per heavy atom. The Bertz CT molecular complexity index is 291. The minimum absolute atomic E-state index is 0.740. The molecule has 1 unspecified atom stereocenters. The predicted octanol–water partition coefficient (Wildman–Crippen LogP) is 4.27. The number of hydrogen-bond acceptors (Lipinski definition) is 0. The molecular formula is C12H19BF4S. The van der Waals surface area contributed by atoms with Crippen LogP contribution in [0.1, 0.15) is 37.7 Å². The molecule has 0 spiro atoms. The summed E-state index contributed by atoms with van der Waals surface area (Å²) in [7, 11) is -6.00. The van der Waals surface area contributed by atoms with E-state index in [0.29, 0.717) is 0 Å². The summed E-state index contributed by atoms with van der Waals surface area (Å²) in [5.74, 6) is 1.84. The van der Waals surface area contributed by atoms with Gasteiger partial charge in [-0.05, 0) is 37.0 Å². The minimum Gasteiger partial charge on any atom is -0.418 e. The van der Waals surface area contributed by atoms with Gasteiger partial charge in [-0.2, -0.15) is 0 Å². The van der Waals surface area contributed by atoms with Crippen LogP contribution in [0.25, 0.3) is 0 Å². The van der Waals surface area contributed by atoms with Crippen LogP contribution in [0.15, 0.2) is 30.3 Å². The fraction of sp³-hybridized carbons (Fsp3) is 0.500. The third-order valence-electron chi connectivity index (χ3n) is 2.40. The fourth-order valence-corrected chi connectivity index (χ4v) is 2.07. The molecule has 0 aliphatic carbocycles. The Morgan fingerprint density at radius 2 is 1.56 bits per heavy atom. The highest BCUT2D eigenvalue weighted by atomic mass is 32.1. The highest BCUT2D eigenvalue weighted by Crippen LogP contribution is 2.24. The molecule has 0 bridgehead atoms. The predicted molar refractivity (Wildman–Crippen MR) is 73.9 cm³/mol. The first-order valence-electron chi connectivity index (χ1n) is 5.95. The van der Waals surface area contributed by atoms with Gasteiger partial charge >= 0.3 is 7.25 Å². The Morgan fingerprint density at radius 3 is 1.94 bits per heavy atom. The second-order valence-corrected chi connectivity index (χ2v) is 4.43. The number of halogens is 4. The quantitative estimate of drug-likeness (QED) is 0.430. The number of benzene rings is 1. The number of hydrogen-bond donors (Lipinski definition) is 0. The van der Waals surface area contributed by atoms with Crippen LogP contribution in [0.3, 0.4) is 0 Å². The monoisotopic (exact) mass is 282 g/mol. The van der Waals surface area contributed by atoms with Crippen molar-refractivity contribution in [2.75, 3.05) is 5.75 Å². The van der Waals surface area contributed by atoms with Gasteiger partial charge in [-0.15, -0.1) is 0 Å². The highest BCUT2D eigenvalue weighted by Gasteiger charge is 2.20. The molecule has 0 radical (unpaired) electrons. The SMILES string of the molecule is CCCC(CC[SH2+])c1ccccc1.F[B-](F)(F)F. The van der Waals surface area contributed by atoms with Gasteiger partial charge in [0.2, 0.25) is 0 Å². The van der Waals surface area contributed by atoms with E-state index < -0.39 is 7.25 Å². The average molecular weight is 282 g/mol. The van der Waals surface area contributed by atoms with Crippen molar-refractivity contribution in [3.63, 3.8) is 0 Å². The van der Waals surface area contributed by atoms with Crippen molar-refractivity contribution < 1.29 is 17.3 Å². The van der Waals surface area contributed by atoms with Gasteiger partial charge in [0.1, 0.15) is 5.75 Å². The summed E-state index contributed by atoms with van der Waals surface area (Å²) in [6, 6.07) is 10.8. The first kappa shape index (κ1) is 17.4. The van der Waals surface area contributed by atoms with Crippen molar-refractivity contribution >= 4 is 19.9 Å². The molecule has 1 rings (SSSR count). The van der Waals surface area contributed by atoms with Crippen molar-refractivity contribution in [2.45, 2.75) is 32.1 Å². The van der Waals surface area contributed by atoms with Crippen LogP contribution in [0.4, 0.5) is 17.3 Å². The van der Waals surface area contributed by atoms with Gasteiger partial charge < -0.3 is 17.3 Å². The van der Waals surface area contributed by atoms with Gasteiger partial charge in [-0.25, -0.2) is 0 Å². The molecule has 0 amide bonds. The molecule has 0 aliphatic heterocycles. The van der Waals surface area contributed by atoms with Gasteiger partial charge in [0, 0.05) is 0 Å². The first-order chi connectivity index (χ1) is 8.38. The van der Waals surface area contributed by atoms with Crippen molar-refractivity contribution in [3.05, 3.63) is 35.9 Å². The van der Waals surface area contributed by atoms with E-state index >= 15 is 0 Å². The van der Waals surface area contributed by atoms with Crippen LogP contribution in [-0.4, -0.2) is 13.0 Å². The topological polar surface area (TPSA) is 0 Å². The molecule has 18 heavy (non-hydrogen) atoms. The van der Waals surface area contributed by atoms with E-state index in [1.54, 1.807) is 0 Å². The van der Waals surface area contributed by atoms with E-state index in [1.165, 1.54) is 24.8 Å². The van der Waals surface area contributed by atoms with Crippen molar-refractivity contribution in [2.24, 2.45) is 0 Å². The van der Waals surface area contributed by atoms with Gasteiger partial charge in [-0.1, -0.05) is 43.7 Å². The van der Waals surface area contributed by atoms with E-state index in [1.807, 2.05) is 0 Å². The van der Waals surface area contributed by atoms with Crippen molar-refractivity contribution in [1.82, 2.24) is 0 Å². The first-order valence-corrected chi connectivity index (χ1v) is 6.66. The zero-order valence-corrected chi connectivity index (χ0v) is 11.4. The van der Waals surface area contributed by atoms with Gasteiger partial charge in [0.15, 0.2) is 0 Å². The Kier molecular flexibility index (Phi) is 8.97. The van der Waals surface area contributed by atoms with Crippen LogP contribution in [-0.2, 0) is 12.6 Å². The second-order valence-electron chi connectivity index (χ2n) is 3.93. The largest absolute Gasteiger partial charge is 0.673 e. The molecule has 1 aromatic rings. The Labute approximate surface area is 111 Å². The van der Waals surface area contributed by atoms with Crippen LogP contribution in [0, 0.1) is 0 Å². The van der Waals surface area contributed by atoms with Crippen LogP contribution >= 0.6 is 0 Å². The summed E-state index contributed by atoms with van der Waals surface area (Å²) in [6.07, 6.45) is 3.81. The van der Waals surface area contributed by atoms with Gasteiger partial charge in [-0.3, -0.25) is 0 Å². The summed E-state index contributed by atoms with van der Waals surface area (Å²) in [6.45, 7) is 2.25. The van der Waals surface area contributed by atoms with E-state index in [4.69, 9.17) is 0 Å². The zero-order chi connectivity index (χ0) is 14.0. The molecule has 0 nitrogen and oxygen atoms in total. The Balaban J connectivity index is 0.000000494. The maximum atomic E-state index is 9.75. The maximum absolute atomic E-state index is 9.75. The summed E-state index contributed by atoms with van der Waals surface area (Å²) >= 11 is 3.56. The lowest BCUT2D eigenvalue weighted by Crippen LogP contribution is -2.02. The summed E-state index contributed by atoms with van der Waals surface area (Å²) in [5.41, 5.74) is 1.49. The lowest BCUT2D eigenvalue weighted by atomic mass is 9.92. The van der Waals surface area contributed by atoms with Gasteiger partial charge in [0.25, 0.3) is 0 Å². The van der Waals surface area contributed by atoms with Crippen molar-refractivity contribution in [3.8, 4) is 0 Å². The lowest BCUT2D eigenvalue weighted by Gasteiger charge is -2.13. The molecule has 0 heterocycles. The summed E-state index contributed by atoms with van der Waals surface area (Å²) in [4.78, 5) is 0. The van der Waals surface area contributed by atoms with Crippen molar-refractivity contribution in [1.29, 1.82) is 0 Å². The van der Waals surface area contributed by atoms with Crippen LogP contribution in [0.2, 0.25) is 0 Å². The standard InChI is InChI=1S/C12H18S.BF4/c1-2-6-11(9-10-13)12-7-4-3-5-8-12;2-1(3,4)5/h3-5,7-8,11,13H,2,6,9-10H2,1H3;/q;-1/p+1. The molecule has 0 saturated heterocycles. The normalized spacial score (nSPS) is 12.6. The minimum atomic E-state index is -6.00. The highest BCUT2D eigenvalue weighted by molar-refractivity contribution is 7.58. The third kappa shape index (κ3) is 10.5. The lowest BCUT2D eigenvalue weighted by molar-refractivity contribution is 0.368. The smallest absolute Gasteiger partial charge is 0.418 e. The summed E-state index contributed by atoms with van der Waals surface area (Å²) in [5, 5.41) is 0. The van der Waals surface area contributed by atoms with Crippen LogP contribution < -0.4 is 0 Å². The second kappa shape index (κ2) is 9.31. The van der Waals surface area contributed by atoms with E-state index in [9.17, 15) is 17.3 Å². The molecule has 0 aromatic heterocycles. The third-order valence-corrected chi connectivity index (χ3v) is 2.69. The molecule has 0 N–H and O–H groups in total. The van der Waals surface area contributed by atoms with E-state index in [2.05, 4.69) is 49.9 Å². The van der Waals surface area contributed by atoms with E-state index in [-0.39, 0.29) is 0 Å². The Hall–Kier alpha value is -0.645. The maximum Gasteiger partial charge on any atom is 0.673 e. The molecule has 6 heteroatoms.